The number of carbonyl (C=O) groups excluding carboxylic acids is 2. The molecule has 1 heterocycles. The second kappa shape index (κ2) is 8.12. The molecule has 3 rings (SSSR count). The topological polar surface area (TPSA) is 87.5 Å². The van der Waals surface area contributed by atoms with Crippen LogP contribution in [0.5, 0.6) is 0 Å². The SMILES string of the molecule is NC(=O)Nc1cccc(NC(=O)[C@]2(C(F)(F)F)CCN(Cc3ccccc3)C2)c1. The number of benzene rings is 2. The lowest BCUT2D eigenvalue weighted by Crippen LogP contribution is -2.49. The maximum Gasteiger partial charge on any atom is 0.404 e. The molecule has 0 aromatic heterocycles. The summed E-state index contributed by atoms with van der Waals surface area (Å²) in [5.74, 6) is -1.11. The van der Waals surface area contributed by atoms with E-state index in [1.54, 1.807) is 4.90 Å². The van der Waals surface area contributed by atoms with E-state index in [2.05, 4.69) is 10.6 Å². The van der Waals surface area contributed by atoms with Crippen molar-refractivity contribution < 1.29 is 22.8 Å². The number of urea groups is 1. The Morgan fingerprint density at radius 1 is 1.03 bits per heavy atom. The van der Waals surface area contributed by atoms with E-state index in [1.807, 2.05) is 30.3 Å². The van der Waals surface area contributed by atoms with Crippen LogP contribution in [0.3, 0.4) is 0 Å². The summed E-state index contributed by atoms with van der Waals surface area (Å²) in [6.45, 7) is 0.0749. The first-order valence-electron chi connectivity index (χ1n) is 9.01. The first-order chi connectivity index (χ1) is 13.7. The molecule has 0 saturated carbocycles. The van der Waals surface area contributed by atoms with Crippen LogP contribution in [0.15, 0.2) is 54.6 Å². The van der Waals surface area contributed by atoms with E-state index in [4.69, 9.17) is 5.73 Å². The predicted molar refractivity (Wildman–Crippen MR) is 103 cm³/mol. The fourth-order valence-electron chi connectivity index (χ4n) is 3.48. The van der Waals surface area contributed by atoms with Crippen LogP contribution in [-0.2, 0) is 11.3 Å². The van der Waals surface area contributed by atoms with Crippen molar-refractivity contribution >= 4 is 23.3 Å². The molecule has 0 unspecified atom stereocenters. The summed E-state index contributed by atoms with van der Waals surface area (Å²) in [7, 11) is 0. The first kappa shape index (κ1) is 20.7. The van der Waals surface area contributed by atoms with E-state index in [-0.39, 0.29) is 24.3 Å². The van der Waals surface area contributed by atoms with Crippen molar-refractivity contribution in [2.24, 2.45) is 11.1 Å². The lowest BCUT2D eigenvalue weighted by molar-refractivity contribution is -0.215. The third-order valence-corrected chi connectivity index (χ3v) is 4.96. The van der Waals surface area contributed by atoms with Crippen molar-refractivity contribution in [1.29, 1.82) is 0 Å². The maximum absolute atomic E-state index is 14.0. The third kappa shape index (κ3) is 4.68. The smallest absolute Gasteiger partial charge is 0.351 e. The maximum atomic E-state index is 14.0. The Bertz CT molecular complexity index is 889. The zero-order valence-electron chi connectivity index (χ0n) is 15.5. The molecule has 1 atom stereocenters. The fraction of sp³-hybridized carbons (Fsp3) is 0.300. The Labute approximate surface area is 165 Å². The lowest BCUT2D eigenvalue weighted by atomic mass is 9.85. The highest BCUT2D eigenvalue weighted by Gasteiger charge is 2.62. The van der Waals surface area contributed by atoms with Gasteiger partial charge in [0.05, 0.1) is 0 Å². The molecule has 2 aromatic rings. The van der Waals surface area contributed by atoms with Crippen LogP contribution in [0, 0.1) is 5.41 Å². The molecular formula is C20H21F3N4O2. The minimum atomic E-state index is -4.70. The first-order valence-corrected chi connectivity index (χ1v) is 9.01. The number of anilines is 2. The van der Waals surface area contributed by atoms with E-state index in [1.165, 1.54) is 24.3 Å². The monoisotopic (exact) mass is 406 g/mol. The van der Waals surface area contributed by atoms with Gasteiger partial charge in [-0.3, -0.25) is 9.69 Å². The van der Waals surface area contributed by atoms with Crippen LogP contribution in [0.25, 0.3) is 0 Å². The number of amides is 3. The molecule has 0 radical (unpaired) electrons. The molecule has 1 fully saturated rings. The summed E-state index contributed by atoms with van der Waals surface area (Å²) in [4.78, 5) is 25.3. The van der Waals surface area contributed by atoms with E-state index in [9.17, 15) is 22.8 Å². The number of nitrogens with zero attached hydrogens (tertiary/aromatic N) is 1. The van der Waals surface area contributed by atoms with E-state index < -0.39 is 30.1 Å². The standard InChI is InChI=1S/C20H21F3N4O2/c21-20(22,23)19(9-10-27(13-19)12-14-5-2-1-3-6-14)17(28)25-15-7-4-8-16(11-15)26-18(24)29/h1-8,11H,9-10,12-13H2,(H,25,28)(H3,24,26,29)/t19-/m0/s1. The van der Waals surface area contributed by atoms with E-state index in [0.717, 1.165) is 5.56 Å². The third-order valence-electron chi connectivity index (χ3n) is 4.96. The second-order valence-corrected chi connectivity index (χ2v) is 7.05. The van der Waals surface area contributed by atoms with E-state index >= 15 is 0 Å². The summed E-state index contributed by atoms with van der Waals surface area (Å²) < 4.78 is 41.9. The molecule has 1 saturated heterocycles. The van der Waals surface area contributed by atoms with Gasteiger partial charge in [0.15, 0.2) is 5.41 Å². The highest BCUT2D eigenvalue weighted by atomic mass is 19.4. The molecule has 1 aliphatic rings. The number of rotatable bonds is 5. The van der Waals surface area contributed by atoms with Crippen LogP contribution >= 0.6 is 0 Å². The van der Waals surface area contributed by atoms with Gasteiger partial charge in [-0.1, -0.05) is 36.4 Å². The van der Waals surface area contributed by atoms with Gasteiger partial charge < -0.3 is 16.4 Å². The number of nitrogens with one attached hydrogen (secondary N) is 2. The Balaban J connectivity index is 1.77. The summed E-state index contributed by atoms with van der Waals surface area (Å²) in [6, 6.07) is 14.2. The Hall–Kier alpha value is -3.07. The van der Waals surface area contributed by atoms with Crippen LogP contribution in [0.2, 0.25) is 0 Å². The molecule has 4 N–H and O–H groups in total. The highest BCUT2D eigenvalue weighted by molar-refractivity contribution is 5.97. The number of halogens is 3. The molecule has 3 amide bonds. The molecule has 0 bridgehead atoms. The van der Waals surface area contributed by atoms with Gasteiger partial charge in [-0.05, 0) is 36.7 Å². The molecule has 6 nitrogen and oxygen atoms in total. The van der Waals surface area contributed by atoms with Crippen LogP contribution in [-0.4, -0.2) is 36.1 Å². The summed E-state index contributed by atoms with van der Waals surface area (Å²) in [5.41, 5.74) is 3.84. The average Bonchev–Trinajstić information content (AvgIpc) is 3.07. The Morgan fingerprint density at radius 3 is 2.31 bits per heavy atom. The van der Waals surface area contributed by atoms with Gasteiger partial charge in [0.2, 0.25) is 5.91 Å². The van der Waals surface area contributed by atoms with Crippen LogP contribution in [0.4, 0.5) is 29.3 Å². The molecule has 0 aliphatic carbocycles. The highest BCUT2D eigenvalue weighted by Crippen LogP contribution is 2.46. The van der Waals surface area contributed by atoms with Gasteiger partial charge >= 0.3 is 12.2 Å². The van der Waals surface area contributed by atoms with Gasteiger partial charge in [-0.15, -0.1) is 0 Å². The van der Waals surface area contributed by atoms with Gasteiger partial charge in [-0.25, -0.2) is 4.79 Å². The molecule has 154 valence electrons. The molecule has 9 heteroatoms. The number of nitrogens with two attached hydrogens (primary N) is 1. The van der Waals surface area contributed by atoms with Crippen molar-refractivity contribution in [2.45, 2.75) is 19.1 Å². The van der Waals surface area contributed by atoms with Crippen molar-refractivity contribution in [3.05, 3.63) is 60.2 Å². The van der Waals surface area contributed by atoms with Gasteiger partial charge in [0.1, 0.15) is 0 Å². The summed E-state index contributed by atoms with van der Waals surface area (Å²) in [5, 5.41) is 4.67. The number of alkyl halides is 3. The van der Waals surface area contributed by atoms with Crippen molar-refractivity contribution in [3.63, 3.8) is 0 Å². The molecule has 0 spiro atoms. The van der Waals surface area contributed by atoms with Crippen molar-refractivity contribution in [2.75, 3.05) is 23.7 Å². The zero-order chi connectivity index (χ0) is 21.1. The molecule has 1 aliphatic heterocycles. The van der Waals surface area contributed by atoms with Crippen molar-refractivity contribution in [3.8, 4) is 0 Å². The van der Waals surface area contributed by atoms with Gasteiger partial charge in [0, 0.05) is 24.5 Å². The van der Waals surface area contributed by atoms with Gasteiger partial charge in [0.25, 0.3) is 0 Å². The number of carbonyl (C=O) groups is 2. The second-order valence-electron chi connectivity index (χ2n) is 7.05. The Morgan fingerprint density at radius 2 is 1.69 bits per heavy atom. The lowest BCUT2D eigenvalue weighted by Gasteiger charge is -2.30. The number of hydrogen-bond acceptors (Lipinski definition) is 3. The minimum absolute atomic E-state index is 0.145. The molecular weight excluding hydrogens is 385 g/mol. The van der Waals surface area contributed by atoms with Crippen LogP contribution in [0.1, 0.15) is 12.0 Å². The number of likely N-dealkylation sites (tertiary alicyclic amines) is 1. The van der Waals surface area contributed by atoms with Crippen LogP contribution < -0.4 is 16.4 Å². The molecule has 2 aromatic carbocycles. The predicted octanol–water partition coefficient (Wildman–Crippen LogP) is 3.57. The minimum Gasteiger partial charge on any atom is -0.351 e. The summed E-state index contributed by atoms with van der Waals surface area (Å²) >= 11 is 0. The van der Waals surface area contributed by atoms with Crippen molar-refractivity contribution in [1.82, 2.24) is 4.90 Å². The average molecular weight is 406 g/mol. The zero-order valence-corrected chi connectivity index (χ0v) is 15.5. The number of primary amides is 1. The normalized spacial score (nSPS) is 19.7. The fourth-order valence-corrected chi connectivity index (χ4v) is 3.48. The quantitative estimate of drug-likeness (QED) is 0.709. The summed E-state index contributed by atoms with van der Waals surface area (Å²) in [6.07, 6.45) is -5.03. The number of hydrogen-bond donors (Lipinski definition) is 3. The Kier molecular flexibility index (Phi) is 5.78. The molecule has 29 heavy (non-hydrogen) atoms. The largest absolute Gasteiger partial charge is 0.404 e. The van der Waals surface area contributed by atoms with Gasteiger partial charge in [-0.2, -0.15) is 13.2 Å². The van der Waals surface area contributed by atoms with E-state index in [0.29, 0.717) is 6.54 Å².